The van der Waals surface area contributed by atoms with E-state index in [2.05, 4.69) is 9.73 Å². The number of amides is 1. The van der Waals surface area contributed by atoms with Crippen molar-refractivity contribution in [3.8, 4) is 11.5 Å². The summed E-state index contributed by atoms with van der Waals surface area (Å²) in [6.45, 7) is -2.39. The maximum Gasteiger partial charge on any atom is 0.387 e. The first-order valence-electron chi connectivity index (χ1n) is 9.51. The topological polar surface area (TPSA) is 77.4 Å². The van der Waals surface area contributed by atoms with Gasteiger partial charge in [0, 0.05) is 29.8 Å². The van der Waals surface area contributed by atoms with Crippen LogP contribution in [0.1, 0.15) is 24.0 Å². The van der Waals surface area contributed by atoms with Crippen molar-refractivity contribution in [3.63, 3.8) is 0 Å². The number of nitrogens with zero attached hydrogens (tertiary/aromatic N) is 2. The van der Waals surface area contributed by atoms with E-state index in [9.17, 15) is 18.4 Å². The molecule has 2 aromatic carbocycles. The summed E-state index contributed by atoms with van der Waals surface area (Å²) in [6, 6.07) is 11.5. The van der Waals surface area contributed by atoms with Gasteiger partial charge in [-0.05, 0) is 42.8 Å². The van der Waals surface area contributed by atoms with Gasteiger partial charge in [-0.1, -0.05) is 12.1 Å². The van der Waals surface area contributed by atoms with Crippen LogP contribution in [0.25, 0.3) is 6.08 Å². The van der Waals surface area contributed by atoms with Crippen LogP contribution in [0.15, 0.2) is 53.2 Å². The molecule has 2 aliphatic rings. The summed E-state index contributed by atoms with van der Waals surface area (Å²) in [5.41, 5.74) is 1.43. The van der Waals surface area contributed by atoms with Gasteiger partial charge in [0.25, 0.3) is 0 Å². The summed E-state index contributed by atoms with van der Waals surface area (Å²) in [5, 5.41) is 0. The fraction of sp³-hybridized carbons (Fsp3) is 0.227. The van der Waals surface area contributed by atoms with E-state index in [4.69, 9.17) is 9.47 Å². The van der Waals surface area contributed by atoms with Crippen LogP contribution in [0.5, 0.6) is 11.5 Å². The molecule has 2 aliphatic heterocycles. The summed E-state index contributed by atoms with van der Waals surface area (Å²) in [4.78, 5) is 30.1. The number of alkyl halides is 2. The number of cyclic esters (lactones) is 1. The molecule has 1 saturated heterocycles. The Balaban J connectivity index is 1.62. The molecule has 0 bridgehead atoms. The average molecular weight is 428 g/mol. The first kappa shape index (κ1) is 20.5. The van der Waals surface area contributed by atoms with Crippen LogP contribution in [0.3, 0.4) is 0 Å². The Kier molecular flexibility index (Phi) is 5.66. The quantitative estimate of drug-likeness (QED) is 0.517. The number of hydrogen-bond donors (Lipinski definition) is 0. The lowest BCUT2D eigenvalue weighted by molar-refractivity contribution is -0.130. The minimum Gasteiger partial charge on any atom is -0.493 e. The minimum atomic E-state index is -3.07. The SMILES string of the molecule is COc1cccc(/C=C2\N=C(c3ccc(N4CCCC4=O)cc3)OC2=O)c1OC(F)F. The highest BCUT2D eigenvalue weighted by molar-refractivity contribution is 6.13. The Morgan fingerprint density at radius 2 is 1.94 bits per heavy atom. The molecule has 2 heterocycles. The molecule has 1 fully saturated rings. The Labute approximate surface area is 176 Å². The van der Waals surface area contributed by atoms with Gasteiger partial charge in [-0.25, -0.2) is 9.79 Å². The maximum atomic E-state index is 12.8. The normalized spacial score (nSPS) is 17.4. The van der Waals surface area contributed by atoms with Gasteiger partial charge >= 0.3 is 12.6 Å². The summed E-state index contributed by atoms with van der Waals surface area (Å²) in [5.74, 6) is -0.682. The minimum absolute atomic E-state index is 0.0684. The molecule has 1 amide bonds. The number of halogens is 2. The predicted molar refractivity (Wildman–Crippen MR) is 108 cm³/mol. The Morgan fingerprint density at radius 3 is 2.58 bits per heavy atom. The van der Waals surface area contributed by atoms with Gasteiger partial charge in [0.1, 0.15) is 0 Å². The molecule has 0 radical (unpaired) electrons. The molecule has 0 atom stereocenters. The summed E-state index contributed by atoms with van der Waals surface area (Å²) >= 11 is 0. The van der Waals surface area contributed by atoms with Crippen molar-refractivity contribution in [2.24, 2.45) is 4.99 Å². The Hall–Kier alpha value is -3.75. The molecule has 9 heteroatoms. The van der Waals surface area contributed by atoms with Crippen LogP contribution in [0, 0.1) is 0 Å². The highest BCUT2D eigenvalue weighted by atomic mass is 19.3. The van der Waals surface area contributed by atoms with Crippen molar-refractivity contribution in [2.75, 3.05) is 18.6 Å². The fourth-order valence-corrected chi connectivity index (χ4v) is 3.41. The summed E-state index contributed by atoms with van der Waals surface area (Å²) in [6.07, 6.45) is 2.65. The first-order chi connectivity index (χ1) is 15.0. The van der Waals surface area contributed by atoms with E-state index >= 15 is 0 Å². The largest absolute Gasteiger partial charge is 0.493 e. The number of hydrogen-bond acceptors (Lipinski definition) is 6. The lowest BCUT2D eigenvalue weighted by Crippen LogP contribution is -2.23. The zero-order valence-electron chi connectivity index (χ0n) is 16.5. The molecular formula is C22H18F2N2O5. The fourth-order valence-electron chi connectivity index (χ4n) is 3.41. The highest BCUT2D eigenvalue weighted by Crippen LogP contribution is 2.34. The van der Waals surface area contributed by atoms with Gasteiger partial charge in [0.05, 0.1) is 7.11 Å². The van der Waals surface area contributed by atoms with Crippen molar-refractivity contribution in [1.82, 2.24) is 0 Å². The second-order valence-corrected chi connectivity index (χ2v) is 6.79. The van der Waals surface area contributed by atoms with Gasteiger partial charge in [0.15, 0.2) is 17.2 Å². The van der Waals surface area contributed by atoms with Gasteiger partial charge in [-0.15, -0.1) is 0 Å². The Bertz CT molecular complexity index is 1080. The van der Waals surface area contributed by atoms with Crippen molar-refractivity contribution in [2.45, 2.75) is 19.5 Å². The molecule has 2 aromatic rings. The molecule has 0 spiro atoms. The molecular weight excluding hydrogens is 410 g/mol. The summed E-state index contributed by atoms with van der Waals surface area (Å²) < 4.78 is 40.5. The molecule has 0 N–H and O–H groups in total. The predicted octanol–water partition coefficient (Wildman–Crippen LogP) is 3.77. The van der Waals surface area contributed by atoms with Crippen LogP contribution >= 0.6 is 0 Å². The van der Waals surface area contributed by atoms with Crippen LogP contribution in [0.4, 0.5) is 14.5 Å². The van der Waals surface area contributed by atoms with E-state index in [-0.39, 0.29) is 34.6 Å². The van der Waals surface area contributed by atoms with Crippen LogP contribution < -0.4 is 14.4 Å². The number of aliphatic imine (C=N–C) groups is 1. The number of ether oxygens (including phenoxy) is 3. The number of benzene rings is 2. The standard InChI is InChI=1S/C22H18F2N2O5/c1-29-17-5-2-4-14(19(17)30-22(23)24)12-16-21(28)31-20(25-16)13-7-9-15(10-8-13)26-11-3-6-18(26)27/h2,4-5,7-10,12,22H,3,6,11H2,1H3/b16-12-. The van der Waals surface area contributed by atoms with E-state index in [1.165, 1.54) is 25.3 Å². The van der Waals surface area contributed by atoms with Crippen LogP contribution in [0.2, 0.25) is 0 Å². The smallest absolute Gasteiger partial charge is 0.387 e. The number of carbonyl (C=O) groups excluding carboxylic acids is 2. The molecule has 0 unspecified atom stereocenters. The number of esters is 1. The number of carbonyl (C=O) groups is 2. The number of anilines is 1. The molecule has 0 saturated carbocycles. The second kappa shape index (κ2) is 8.55. The highest BCUT2D eigenvalue weighted by Gasteiger charge is 2.26. The Morgan fingerprint density at radius 1 is 1.16 bits per heavy atom. The first-order valence-corrected chi connectivity index (χ1v) is 9.51. The van der Waals surface area contributed by atoms with E-state index < -0.39 is 12.6 Å². The van der Waals surface area contributed by atoms with E-state index in [0.717, 1.165) is 12.1 Å². The molecule has 0 aliphatic carbocycles. The number of para-hydroxylation sites is 1. The monoisotopic (exact) mass is 428 g/mol. The third-order valence-corrected chi connectivity index (χ3v) is 4.85. The zero-order chi connectivity index (χ0) is 22.0. The van der Waals surface area contributed by atoms with Gasteiger partial charge in [-0.2, -0.15) is 8.78 Å². The number of rotatable bonds is 6. The zero-order valence-corrected chi connectivity index (χ0v) is 16.5. The maximum absolute atomic E-state index is 12.8. The molecule has 160 valence electrons. The lowest BCUT2D eigenvalue weighted by atomic mass is 10.1. The molecule has 0 aromatic heterocycles. The number of methoxy groups -OCH3 is 1. The van der Waals surface area contributed by atoms with Gasteiger partial charge in [0.2, 0.25) is 11.8 Å². The van der Waals surface area contributed by atoms with E-state index in [0.29, 0.717) is 18.5 Å². The van der Waals surface area contributed by atoms with Crippen LogP contribution in [-0.2, 0) is 14.3 Å². The second-order valence-electron chi connectivity index (χ2n) is 6.79. The average Bonchev–Trinajstić information content (AvgIpc) is 3.34. The molecule has 31 heavy (non-hydrogen) atoms. The van der Waals surface area contributed by atoms with Crippen LogP contribution in [-0.4, -0.2) is 38.0 Å². The molecule has 7 nitrogen and oxygen atoms in total. The van der Waals surface area contributed by atoms with Gasteiger partial charge < -0.3 is 19.1 Å². The lowest BCUT2D eigenvalue weighted by Gasteiger charge is -2.15. The third-order valence-electron chi connectivity index (χ3n) is 4.85. The van der Waals surface area contributed by atoms with Crippen molar-refractivity contribution in [1.29, 1.82) is 0 Å². The van der Waals surface area contributed by atoms with Gasteiger partial charge in [-0.3, -0.25) is 4.79 Å². The third kappa shape index (κ3) is 4.25. The van der Waals surface area contributed by atoms with E-state index in [1.807, 2.05) is 0 Å². The molecule has 4 rings (SSSR count). The summed E-state index contributed by atoms with van der Waals surface area (Å²) in [7, 11) is 1.32. The van der Waals surface area contributed by atoms with Crippen molar-refractivity contribution < 1.29 is 32.6 Å². The van der Waals surface area contributed by atoms with Crippen molar-refractivity contribution in [3.05, 3.63) is 59.3 Å². The van der Waals surface area contributed by atoms with Crippen molar-refractivity contribution >= 4 is 29.5 Å². The van der Waals surface area contributed by atoms with E-state index in [1.54, 1.807) is 35.2 Å².